The highest BCUT2D eigenvalue weighted by Gasteiger charge is 2.28. The maximum atomic E-state index is 12.3. The van der Waals surface area contributed by atoms with E-state index >= 15 is 0 Å². The fourth-order valence-corrected chi connectivity index (χ4v) is 2.46. The van der Waals surface area contributed by atoms with Gasteiger partial charge in [0.25, 0.3) is 0 Å². The van der Waals surface area contributed by atoms with E-state index < -0.39 is 5.97 Å². The molecule has 0 aromatic heterocycles. The summed E-state index contributed by atoms with van der Waals surface area (Å²) in [5.41, 5.74) is 0. The molecule has 19 heavy (non-hydrogen) atoms. The average molecular weight is 268 g/mol. The van der Waals surface area contributed by atoms with Crippen molar-refractivity contribution in [3.8, 4) is 0 Å². The fourth-order valence-electron chi connectivity index (χ4n) is 2.46. The first-order valence-corrected chi connectivity index (χ1v) is 6.95. The minimum atomic E-state index is -0.760. The largest absolute Gasteiger partial charge is 0.481 e. The highest BCUT2D eigenvalue weighted by Crippen LogP contribution is 2.22. The second-order valence-corrected chi connectivity index (χ2v) is 5.05. The van der Waals surface area contributed by atoms with Crippen LogP contribution in [0.15, 0.2) is 12.7 Å². The third kappa shape index (κ3) is 4.93. The maximum absolute atomic E-state index is 12.3. The van der Waals surface area contributed by atoms with E-state index in [0.29, 0.717) is 25.4 Å². The predicted molar refractivity (Wildman–Crippen MR) is 74.0 cm³/mol. The van der Waals surface area contributed by atoms with Gasteiger partial charge in [-0.05, 0) is 25.2 Å². The van der Waals surface area contributed by atoms with Gasteiger partial charge in [-0.15, -0.1) is 6.58 Å². The average Bonchev–Trinajstić information content (AvgIpc) is 2.84. The molecule has 1 atom stereocenters. The van der Waals surface area contributed by atoms with E-state index in [9.17, 15) is 9.59 Å². The number of carbonyl (C=O) groups excluding carboxylic acids is 1. The third-order valence-electron chi connectivity index (χ3n) is 3.44. The molecular weight excluding hydrogens is 244 g/mol. The second-order valence-electron chi connectivity index (χ2n) is 5.05. The van der Waals surface area contributed by atoms with Crippen molar-refractivity contribution < 1.29 is 14.7 Å². The zero-order chi connectivity index (χ0) is 14.3. The number of hydrogen-bond acceptors (Lipinski definition) is 2. The number of hydrogen-bond donors (Lipinski definition) is 1. The summed E-state index contributed by atoms with van der Waals surface area (Å²) >= 11 is 0. The Balaban J connectivity index is 2.45. The van der Waals surface area contributed by atoms with E-state index in [-0.39, 0.29) is 12.5 Å². The van der Waals surface area contributed by atoms with Crippen LogP contribution in [0.2, 0.25) is 0 Å². The molecule has 108 valence electrons. The van der Waals surface area contributed by atoms with Gasteiger partial charge in [0.05, 0.1) is 0 Å². The van der Waals surface area contributed by atoms with Gasteiger partial charge in [-0.25, -0.2) is 4.79 Å². The Morgan fingerprint density at radius 3 is 2.84 bits per heavy atom. The van der Waals surface area contributed by atoms with Crippen molar-refractivity contribution in [3.63, 3.8) is 0 Å². The van der Waals surface area contributed by atoms with Gasteiger partial charge in [0.15, 0.2) is 0 Å². The lowest BCUT2D eigenvalue weighted by atomic mass is 10.0. The first-order chi connectivity index (χ1) is 9.08. The molecular formula is C14H24N2O3. The zero-order valence-corrected chi connectivity index (χ0v) is 11.7. The van der Waals surface area contributed by atoms with E-state index in [1.54, 1.807) is 11.0 Å². The van der Waals surface area contributed by atoms with E-state index in [1.165, 1.54) is 0 Å². The van der Waals surface area contributed by atoms with Gasteiger partial charge in [-0.1, -0.05) is 13.0 Å². The maximum Gasteiger partial charge on any atom is 0.320 e. The molecule has 0 aromatic carbocycles. The zero-order valence-electron chi connectivity index (χ0n) is 11.7. The highest BCUT2D eigenvalue weighted by molar-refractivity contribution is 5.75. The topological polar surface area (TPSA) is 60.9 Å². The van der Waals surface area contributed by atoms with Crippen LogP contribution in [-0.4, -0.2) is 53.1 Å². The smallest absolute Gasteiger partial charge is 0.320 e. The molecule has 1 aliphatic heterocycles. The van der Waals surface area contributed by atoms with Crippen LogP contribution in [0, 0.1) is 5.92 Å². The summed E-state index contributed by atoms with van der Waals surface area (Å²) in [4.78, 5) is 26.5. The van der Waals surface area contributed by atoms with Gasteiger partial charge in [0.2, 0.25) is 0 Å². The molecule has 0 saturated carbocycles. The molecule has 1 aliphatic rings. The van der Waals surface area contributed by atoms with Gasteiger partial charge < -0.3 is 14.9 Å². The van der Waals surface area contributed by atoms with E-state index in [0.717, 1.165) is 25.9 Å². The molecule has 5 nitrogen and oxygen atoms in total. The van der Waals surface area contributed by atoms with Crippen LogP contribution in [-0.2, 0) is 4.79 Å². The number of rotatable bonds is 7. The monoisotopic (exact) mass is 268 g/mol. The summed E-state index contributed by atoms with van der Waals surface area (Å²) in [7, 11) is 0. The van der Waals surface area contributed by atoms with Gasteiger partial charge in [0.1, 0.15) is 0 Å². The van der Waals surface area contributed by atoms with Gasteiger partial charge in [-0.3, -0.25) is 4.79 Å². The normalized spacial score (nSPS) is 18.4. The van der Waals surface area contributed by atoms with Crippen LogP contribution in [0.25, 0.3) is 0 Å². The lowest BCUT2D eigenvalue weighted by molar-refractivity contribution is -0.137. The van der Waals surface area contributed by atoms with Crippen molar-refractivity contribution in [1.82, 2.24) is 9.80 Å². The number of aliphatic carboxylic acids is 1. The molecule has 0 aliphatic carbocycles. The van der Waals surface area contributed by atoms with Crippen molar-refractivity contribution in [2.24, 2.45) is 5.92 Å². The summed E-state index contributed by atoms with van der Waals surface area (Å²) in [5, 5.41) is 8.68. The summed E-state index contributed by atoms with van der Waals surface area (Å²) in [6.07, 6.45) is 4.43. The summed E-state index contributed by atoms with van der Waals surface area (Å²) in [6.45, 7) is 8.45. The molecule has 1 fully saturated rings. The minimum Gasteiger partial charge on any atom is -0.481 e. The van der Waals surface area contributed by atoms with E-state index in [2.05, 4.69) is 6.58 Å². The standard InChI is InChI=1S/C14H24N2O3/c1-3-8-15(9-4-2)14(19)16-10-7-12(11-16)5-6-13(17)18/h3,12H,1,4-11H2,2H3,(H,17,18). The number of carboxylic acid groups (broad SMARTS) is 1. The SMILES string of the molecule is C=CCN(CCC)C(=O)N1CCC(CCC(=O)O)C1. The Bertz CT molecular complexity index is 331. The third-order valence-corrected chi connectivity index (χ3v) is 3.44. The van der Waals surface area contributed by atoms with Crippen LogP contribution >= 0.6 is 0 Å². The van der Waals surface area contributed by atoms with Gasteiger partial charge in [-0.2, -0.15) is 0 Å². The molecule has 0 bridgehead atoms. The van der Waals surface area contributed by atoms with E-state index in [4.69, 9.17) is 5.11 Å². The molecule has 1 N–H and O–H groups in total. The van der Waals surface area contributed by atoms with Crippen LogP contribution in [0.1, 0.15) is 32.6 Å². The molecule has 1 saturated heterocycles. The Morgan fingerprint density at radius 1 is 1.53 bits per heavy atom. The van der Waals surface area contributed by atoms with Crippen LogP contribution < -0.4 is 0 Å². The van der Waals surface area contributed by atoms with Crippen molar-refractivity contribution >= 4 is 12.0 Å². The Kier molecular flexibility index (Phi) is 6.39. The molecule has 2 amide bonds. The minimum absolute atomic E-state index is 0.0552. The van der Waals surface area contributed by atoms with Crippen molar-refractivity contribution in [1.29, 1.82) is 0 Å². The molecule has 0 aromatic rings. The fraction of sp³-hybridized carbons (Fsp3) is 0.714. The second kappa shape index (κ2) is 7.81. The van der Waals surface area contributed by atoms with Crippen LogP contribution in [0.4, 0.5) is 4.79 Å². The number of likely N-dealkylation sites (tertiary alicyclic amines) is 1. The predicted octanol–water partition coefficient (Wildman–Crippen LogP) is 2.19. The number of urea groups is 1. The Hall–Kier alpha value is -1.52. The molecule has 5 heteroatoms. The Labute approximate surface area is 114 Å². The van der Waals surface area contributed by atoms with Crippen molar-refractivity contribution in [2.75, 3.05) is 26.2 Å². The van der Waals surface area contributed by atoms with E-state index in [1.807, 2.05) is 11.8 Å². The Morgan fingerprint density at radius 2 is 2.26 bits per heavy atom. The lowest BCUT2D eigenvalue weighted by Crippen LogP contribution is -2.42. The number of carbonyl (C=O) groups is 2. The van der Waals surface area contributed by atoms with Crippen molar-refractivity contribution in [2.45, 2.75) is 32.6 Å². The number of nitrogens with zero attached hydrogens (tertiary/aromatic N) is 2. The highest BCUT2D eigenvalue weighted by atomic mass is 16.4. The molecule has 0 radical (unpaired) electrons. The molecule has 1 rings (SSSR count). The van der Waals surface area contributed by atoms with Crippen LogP contribution in [0.5, 0.6) is 0 Å². The number of carboxylic acids is 1. The summed E-state index contributed by atoms with van der Waals surface area (Å²) in [6, 6.07) is 0.0552. The quantitative estimate of drug-likeness (QED) is 0.720. The molecule has 0 spiro atoms. The lowest BCUT2D eigenvalue weighted by Gasteiger charge is -2.27. The van der Waals surface area contributed by atoms with Crippen LogP contribution in [0.3, 0.4) is 0 Å². The summed E-state index contributed by atoms with van der Waals surface area (Å²) < 4.78 is 0. The van der Waals surface area contributed by atoms with Gasteiger partial charge >= 0.3 is 12.0 Å². The molecule has 1 heterocycles. The summed E-state index contributed by atoms with van der Waals surface area (Å²) in [5.74, 6) is -0.434. The molecule has 1 unspecified atom stereocenters. The first kappa shape index (κ1) is 15.5. The van der Waals surface area contributed by atoms with Crippen molar-refractivity contribution in [3.05, 3.63) is 12.7 Å². The van der Waals surface area contributed by atoms with Gasteiger partial charge in [0, 0.05) is 32.6 Å². The first-order valence-electron chi connectivity index (χ1n) is 6.95. The number of amides is 2.